The monoisotopic (exact) mass is 341 g/mol. The topological polar surface area (TPSA) is 107 Å². The zero-order valence-corrected chi connectivity index (χ0v) is 14.4. The third kappa shape index (κ3) is 2.90. The molecule has 0 atom stereocenters. The van der Waals surface area contributed by atoms with Crippen molar-refractivity contribution in [2.45, 2.75) is 51.7 Å². The lowest BCUT2D eigenvalue weighted by atomic mass is 9.86. The highest BCUT2D eigenvalue weighted by Gasteiger charge is 2.60. The first-order chi connectivity index (χ1) is 11.0. The molecule has 2 fully saturated rings. The minimum absolute atomic E-state index is 0.132. The van der Waals surface area contributed by atoms with Crippen molar-refractivity contribution in [3.05, 3.63) is 0 Å². The highest BCUT2D eigenvalue weighted by Crippen LogP contribution is 2.37. The average molecular weight is 341 g/mol. The highest BCUT2D eigenvalue weighted by atomic mass is 16.6. The van der Waals surface area contributed by atoms with Gasteiger partial charge in [0.2, 0.25) is 0 Å². The molecular weight excluding hydrogens is 318 g/mol. The predicted octanol–water partition coefficient (Wildman–Crippen LogP) is 1.72. The van der Waals surface area contributed by atoms with Gasteiger partial charge in [0.1, 0.15) is 11.1 Å². The lowest BCUT2D eigenvalue weighted by Crippen LogP contribution is -2.57. The molecule has 2 saturated heterocycles. The fraction of sp³-hybridized carbons (Fsp3) is 0.733. The van der Waals surface area contributed by atoms with Gasteiger partial charge in [0.15, 0.2) is 0 Å². The molecule has 2 rings (SSSR count). The zero-order valence-electron chi connectivity index (χ0n) is 14.4. The number of carbonyl (C=O) groups excluding carboxylic acids is 3. The smallest absolute Gasteiger partial charge is 0.425 e. The van der Waals surface area contributed by atoms with Crippen LogP contribution in [0.4, 0.5) is 14.4 Å². The molecule has 1 spiro atoms. The van der Waals surface area contributed by atoms with E-state index >= 15 is 0 Å². The van der Waals surface area contributed by atoms with Crippen molar-refractivity contribution in [1.82, 2.24) is 14.7 Å². The second-order valence-corrected chi connectivity index (χ2v) is 6.95. The van der Waals surface area contributed by atoms with Crippen LogP contribution in [0.3, 0.4) is 0 Å². The third-order valence-corrected chi connectivity index (χ3v) is 4.29. The van der Waals surface area contributed by atoms with Crippen LogP contribution in [0.25, 0.3) is 0 Å². The lowest BCUT2D eigenvalue weighted by molar-refractivity contribution is -0.134. The van der Waals surface area contributed by atoms with Gasteiger partial charge in [-0.25, -0.2) is 14.4 Å². The Hall–Kier alpha value is -2.32. The van der Waals surface area contributed by atoms with E-state index in [1.807, 2.05) is 0 Å². The third-order valence-electron chi connectivity index (χ3n) is 4.29. The molecule has 0 unspecified atom stereocenters. The van der Waals surface area contributed by atoms with Gasteiger partial charge >= 0.3 is 18.2 Å². The van der Waals surface area contributed by atoms with Gasteiger partial charge in [-0.15, -0.1) is 0 Å². The molecule has 0 aromatic heterocycles. The molecule has 9 heteroatoms. The molecule has 0 radical (unpaired) electrons. The summed E-state index contributed by atoms with van der Waals surface area (Å²) in [6.45, 7) is 7.17. The summed E-state index contributed by atoms with van der Waals surface area (Å²) in [4.78, 5) is 51.9. The van der Waals surface area contributed by atoms with Gasteiger partial charge in [-0.3, -0.25) is 4.79 Å². The SMILES string of the molecule is CCN1C(=O)N(C(=O)OC(C)(C)C)C(=O)C12CCN(C(=O)O)CC2. The minimum atomic E-state index is -1.17. The van der Waals surface area contributed by atoms with Crippen LogP contribution in [0, 0.1) is 0 Å². The molecule has 9 nitrogen and oxygen atoms in total. The summed E-state index contributed by atoms with van der Waals surface area (Å²) >= 11 is 0. The van der Waals surface area contributed by atoms with Crippen LogP contribution in [0.1, 0.15) is 40.5 Å². The fourth-order valence-corrected chi connectivity index (χ4v) is 3.17. The predicted molar refractivity (Wildman–Crippen MR) is 82.4 cm³/mol. The Morgan fingerprint density at radius 3 is 2.17 bits per heavy atom. The van der Waals surface area contributed by atoms with Gasteiger partial charge in [0.05, 0.1) is 0 Å². The molecule has 0 aromatic rings. The Morgan fingerprint density at radius 2 is 1.75 bits per heavy atom. The van der Waals surface area contributed by atoms with Crippen molar-refractivity contribution in [3.8, 4) is 0 Å². The van der Waals surface area contributed by atoms with E-state index in [0.29, 0.717) is 4.90 Å². The van der Waals surface area contributed by atoms with E-state index in [0.717, 1.165) is 0 Å². The number of rotatable bonds is 1. The Labute approximate surface area is 140 Å². The van der Waals surface area contributed by atoms with Gasteiger partial charge in [-0.1, -0.05) is 0 Å². The van der Waals surface area contributed by atoms with Gasteiger partial charge in [-0.2, -0.15) is 4.90 Å². The van der Waals surface area contributed by atoms with Crippen LogP contribution in [0.15, 0.2) is 0 Å². The van der Waals surface area contributed by atoms with E-state index in [1.54, 1.807) is 27.7 Å². The first-order valence-corrected chi connectivity index (χ1v) is 7.90. The summed E-state index contributed by atoms with van der Waals surface area (Å²) < 4.78 is 5.16. The molecule has 134 valence electrons. The van der Waals surface area contributed by atoms with Crippen LogP contribution >= 0.6 is 0 Å². The van der Waals surface area contributed by atoms with Crippen LogP contribution in [0.5, 0.6) is 0 Å². The van der Waals surface area contributed by atoms with E-state index in [4.69, 9.17) is 9.84 Å². The summed E-state index contributed by atoms with van der Waals surface area (Å²) in [5.41, 5.74) is -2.01. The number of likely N-dealkylation sites (N-methyl/N-ethyl adjacent to an activating group) is 1. The van der Waals surface area contributed by atoms with Crippen molar-refractivity contribution in [3.63, 3.8) is 0 Å². The van der Waals surface area contributed by atoms with Crippen molar-refractivity contribution in [2.75, 3.05) is 19.6 Å². The molecule has 2 aliphatic rings. The van der Waals surface area contributed by atoms with E-state index in [1.165, 1.54) is 9.80 Å². The van der Waals surface area contributed by atoms with Crippen LogP contribution in [-0.4, -0.2) is 74.7 Å². The van der Waals surface area contributed by atoms with Crippen molar-refractivity contribution < 1.29 is 29.0 Å². The lowest BCUT2D eigenvalue weighted by Gasteiger charge is -2.40. The summed E-state index contributed by atoms with van der Waals surface area (Å²) in [6.07, 6.45) is -1.73. The van der Waals surface area contributed by atoms with E-state index in [9.17, 15) is 19.2 Å². The molecule has 5 amide bonds. The summed E-state index contributed by atoms with van der Waals surface area (Å²) in [5.74, 6) is -0.631. The maximum atomic E-state index is 12.9. The van der Waals surface area contributed by atoms with E-state index < -0.39 is 35.3 Å². The first kappa shape index (κ1) is 18.0. The second kappa shape index (κ2) is 5.95. The number of imide groups is 3. The van der Waals surface area contributed by atoms with Gasteiger partial charge in [0, 0.05) is 19.6 Å². The maximum absolute atomic E-state index is 12.9. The van der Waals surface area contributed by atoms with Gasteiger partial charge < -0.3 is 19.6 Å². The Balaban J connectivity index is 2.27. The Morgan fingerprint density at radius 1 is 1.21 bits per heavy atom. The average Bonchev–Trinajstić information content (AvgIpc) is 2.65. The first-order valence-electron chi connectivity index (χ1n) is 7.90. The van der Waals surface area contributed by atoms with Crippen molar-refractivity contribution in [1.29, 1.82) is 0 Å². The number of hydrogen-bond donors (Lipinski definition) is 1. The minimum Gasteiger partial charge on any atom is -0.465 e. The van der Waals surface area contributed by atoms with Crippen molar-refractivity contribution >= 4 is 24.1 Å². The largest absolute Gasteiger partial charge is 0.465 e. The Kier molecular flexibility index (Phi) is 4.47. The van der Waals surface area contributed by atoms with Gasteiger partial charge in [-0.05, 0) is 40.5 Å². The molecule has 0 bridgehead atoms. The molecule has 24 heavy (non-hydrogen) atoms. The van der Waals surface area contributed by atoms with Crippen LogP contribution in [0.2, 0.25) is 0 Å². The number of amides is 5. The van der Waals surface area contributed by atoms with Gasteiger partial charge in [0.25, 0.3) is 5.91 Å². The normalized spacial score (nSPS) is 20.8. The fourth-order valence-electron chi connectivity index (χ4n) is 3.17. The number of nitrogens with zero attached hydrogens (tertiary/aromatic N) is 3. The number of urea groups is 1. The number of carboxylic acid groups (broad SMARTS) is 1. The van der Waals surface area contributed by atoms with E-state index in [-0.39, 0.29) is 32.5 Å². The quantitative estimate of drug-likeness (QED) is 0.728. The number of piperidine rings is 1. The summed E-state index contributed by atoms with van der Waals surface area (Å²) in [7, 11) is 0. The molecule has 1 N–H and O–H groups in total. The van der Waals surface area contributed by atoms with E-state index in [2.05, 4.69) is 0 Å². The molecule has 2 heterocycles. The zero-order chi connectivity index (χ0) is 18.3. The number of ether oxygens (including phenoxy) is 1. The molecule has 0 aliphatic carbocycles. The van der Waals surface area contributed by atoms with Crippen molar-refractivity contribution in [2.24, 2.45) is 0 Å². The van der Waals surface area contributed by atoms with Crippen LogP contribution in [-0.2, 0) is 9.53 Å². The molecule has 0 saturated carbocycles. The molecule has 0 aromatic carbocycles. The standard InChI is InChI=1S/C15H23N3O6/c1-5-17-11(20)18(13(23)24-14(2,3)4)10(19)15(17)6-8-16(9-7-15)12(21)22/h5-9H2,1-4H3,(H,21,22). The molecular formula is C15H23N3O6. The molecule has 2 aliphatic heterocycles. The number of hydrogen-bond acceptors (Lipinski definition) is 5. The second-order valence-electron chi connectivity index (χ2n) is 6.95. The highest BCUT2D eigenvalue weighted by molar-refractivity contribution is 6.16. The summed E-state index contributed by atoms with van der Waals surface area (Å²) in [5, 5.41) is 9.05. The maximum Gasteiger partial charge on any atom is 0.425 e. The van der Waals surface area contributed by atoms with Crippen LogP contribution < -0.4 is 0 Å². The summed E-state index contributed by atoms with van der Waals surface area (Å²) in [6, 6.07) is -0.708. The Bertz CT molecular complexity index is 574. The number of likely N-dealkylation sites (tertiary alicyclic amines) is 1. The number of carbonyl (C=O) groups is 4.